The molecule has 2 saturated heterocycles. The smallest absolute Gasteiger partial charge is 0.323 e. The van der Waals surface area contributed by atoms with Crippen molar-refractivity contribution >= 4 is 23.1 Å². The van der Waals surface area contributed by atoms with Crippen LogP contribution in [0.1, 0.15) is 97.5 Å². The van der Waals surface area contributed by atoms with Crippen LogP contribution in [0.5, 0.6) is 0 Å². The summed E-state index contributed by atoms with van der Waals surface area (Å²) in [6, 6.07) is 15.0. The number of carbonyl (C=O) groups excluding carboxylic acids is 1. The van der Waals surface area contributed by atoms with E-state index in [0.29, 0.717) is 12.3 Å². The number of benzene rings is 2. The molecular formula is C35H53N3O5. The molecule has 2 heterocycles. The normalized spacial score (nSPS) is 23.1. The quantitative estimate of drug-likeness (QED) is 0.159. The van der Waals surface area contributed by atoms with E-state index in [9.17, 15) is 4.79 Å². The molecule has 4 rings (SSSR count). The highest BCUT2D eigenvalue weighted by molar-refractivity contribution is 6.00. The maximum Gasteiger partial charge on any atom is 0.323 e. The van der Waals surface area contributed by atoms with E-state index in [2.05, 4.69) is 29.8 Å². The number of ether oxygens (including phenoxy) is 4. The molecule has 3 N–H and O–H groups in total. The molecule has 0 saturated carbocycles. The van der Waals surface area contributed by atoms with E-state index in [1.54, 1.807) is 0 Å². The van der Waals surface area contributed by atoms with Gasteiger partial charge in [-0.25, -0.2) is 4.79 Å². The average Bonchev–Trinajstić information content (AvgIpc) is 3.46. The zero-order valence-electron chi connectivity index (χ0n) is 26.8. The van der Waals surface area contributed by atoms with Gasteiger partial charge in [-0.2, -0.15) is 0 Å². The summed E-state index contributed by atoms with van der Waals surface area (Å²) < 4.78 is 25.1. The summed E-state index contributed by atoms with van der Waals surface area (Å²) >= 11 is 0. The zero-order chi connectivity index (χ0) is 30.7. The van der Waals surface area contributed by atoms with Crippen molar-refractivity contribution in [1.82, 2.24) is 0 Å². The molecular weight excluding hydrogens is 542 g/mol. The van der Waals surface area contributed by atoms with Crippen LogP contribution in [-0.2, 0) is 18.9 Å². The number of amides is 2. The predicted octanol–water partition coefficient (Wildman–Crippen LogP) is 8.62. The highest BCUT2D eigenvalue weighted by atomic mass is 16.8. The first-order valence-corrected chi connectivity index (χ1v) is 16.4. The van der Waals surface area contributed by atoms with Gasteiger partial charge in [-0.15, -0.1) is 0 Å². The number of para-hydroxylation sites is 1. The van der Waals surface area contributed by atoms with Crippen molar-refractivity contribution in [2.45, 2.75) is 135 Å². The number of carbonyl (C=O) groups is 1. The summed E-state index contributed by atoms with van der Waals surface area (Å²) in [5.74, 6) is -0.679. The maximum atomic E-state index is 12.5. The number of hydrogen-bond donors (Lipinski definition) is 3. The van der Waals surface area contributed by atoms with Gasteiger partial charge in [-0.3, -0.25) is 0 Å². The van der Waals surface area contributed by atoms with E-state index in [-0.39, 0.29) is 30.4 Å². The largest absolute Gasteiger partial charge is 0.380 e. The van der Waals surface area contributed by atoms with Gasteiger partial charge in [0.2, 0.25) is 0 Å². The summed E-state index contributed by atoms with van der Waals surface area (Å²) in [6.07, 6.45) is 11.8. The summed E-state index contributed by atoms with van der Waals surface area (Å²) in [6.45, 7) is 10.9. The molecule has 0 radical (unpaired) electrons. The Bertz CT molecular complexity index is 1120. The lowest BCUT2D eigenvalue weighted by Crippen LogP contribution is -2.41. The van der Waals surface area contributed by atoms with E-state index < -0.39 is 12.1 Å². The highest BCUT2D eigenvalue weighted by Crippen LogP contribution is 2.40. The monoisotopic (exact) mass is 595 g/mol. The summed E-state index contributed by atoms with van der Waals surface area (Å²) in [5, 5.41) is 9.32. The lowest BCUT2D eigenvalue weighted by molar-refractivity contribution is -0.234. The van der Waals surface area contributed by atoms with Crippen LogP contribution in [0.3, 0.4) is 0 Å². The van der Waals surface area contributed by atoms with Crippen LogP contribution in [0, 0.1) is 6.92 Å². The second-order valence-electron chi connectivity index (χ2n) is 12.5. The van der Waals surface area contributed by atoms with Gasteiger partial charge in [-0.1, -0.05) is 82.9 Å². The summed E-state index contributed by atoms with van der Waals surface area (Å²) in [5.41, 5.74) is 3.42. The SMILES string of the molecule is CCCCCCCCCCCCO[C@H]1O[C@H]([C@H](C)Nc2ccc(NC(=O)Nc3ccccc3C)cc2)[C@@H]2OC(C)(C)O[C@H]12. The van der Waals surface area contributed by atoms with Crippen molar-refractivity contribution in [3.63, 3.8) is 0 Å². The molecule has 2 aliphatic heterocycles. The zero-order valence-corrected chi connectivity index (χ0v) is 26.8. The molecule has 2 aromatic carbocycles. The Morgan fingerprint density at radius 3 is 2.12 bits per heavy atom. The average molecular weight is 596 g/mol. The van der Waals surface area contributed by atoms with Crippen LogP contribution < -0.4 is 16.0 Å². The molecule has 0 aliphatic carbocycles. The van der Waals surface area contributed by atoms with Gasteiger partial charge in [-0.05, 0) is 70.0 Å². The van der Waals surface area contributed by atoms with Gasteiger partial charge in [0, 0.05) is 23.7 Å². The fourth-order valence-electron chi connectivity index (χ4n) is 5.91. The Morgan fingerprint density at radius 2 is 1.44 bits per heavy atom. The second-order valence-corrected chi connectivity index (χ2v) is 12.5. The Hall–Kier alpha value is -2.65. The first-order chi connectivity index (χ1) is 20.8. The van der Waals surface area contributed by atoms with Gasteiger partial charge in [0.05, 0.1) is 6.04 Å². The second kappa shape index (κ2) is 16.4. The summed E-state index contributed by atoms with van der Waals surface area (Å²) in [4.78, 5) is 12.5. The van der Waals surface area contributed by atoms with Crippen LogP contribution in [-0.4, -0.2) is 49.1 Å². The Morgan fingerprint density at radius 1 is 0.837 bits per heavy atom. The van der Waals surface area contributed by atoms with Gasteiger partial charge >= 0.3 is 6.03 Å². The minimum Gasteiger partial charge on any atom is -0.380 e. The van der Waals surface area contributed by atoms with Crippen molar-refractivity contribution in [2.75, 3.05) is 22.6 Å². The molecule has 238 valence electrons. The standard InChI is InChI=1S/C35H53N3O5/c1-6-7-8-9-10-11-12-13-14-17-24-40-33-32-31(42-35(4,5)43-32)30(41-33)26(3)36-27-20-22-28(23-21-27)37-34(39)38-29-19-16-15-18-25(29)2/h15-16,18-23,26,30-33,36H,6-14,17,24H2,1-5H3,(H2,37,38,39)/t26-,30+,31-,32-,33-/m0/s1. The number of urea groups is 1. The Balaban J connectivity index is 1.21. The van der Waals surface area contributed by atoms with Crippen molar-refractivity contribution in [1.29, 1.82) is 0 Å². The van der Waals surface area contributed by atoms with Crippen LogP contribution in [0.2, 0.25) is 0 Å². The predicted molar refractivity (Wildman–Crippen MR) is 174 cm³/mol. The van der Waals surface area contributed by atoms with E-state index in [1.807, 2.05) is 69.3 Å². The van der Waals surface area contributed by atoms with Crippen molar-refractivity contribution < 1.29 is 23.7 Å². The lowest BCUT2D eigenvalue weighted by atomic mass is 10.0. The number of rotatable bonds is 17. The molecule has 2 aromatic rings. The third-order valence-electron chi connectivity index (χ3n) is 8.25. The molecule has 0 aromatic heterocycles. The van der Waals surface area contributed by atoms with Crippen LogP contribution in [0.25, 0.3) is 0 Å². The molecule has 0 spiro atoms. The van der Waals surface area contributed by atoms with Gasteiger partial charge in [0.15, 0.2) is 12.1 Å². The van der Waals surface area contributed by atoms with Crippen LogP contribution >= 0.6 is 0 Å². The molecule has 0 bridgehead atoms. The molecule has 8 heteroatoms. The molecule has 0 unspecified atom stereocenters. The number of anilines is 3. The summed E-state index contributed by atoms with van der Waals surface area (Å²) in [7, 11) is 0. The van der Waals surface area contributed by atoms with Crippen molar-refractivity contribution in [3.8, 4) is 0 Å². The fourth-order valence-corrected chi connectivity index (χ4v) is 5.91. The Kier molecular flexibility index (Phi) is 12.7. The number of fused-ring (bicyclic) bond motifs is 1. The third kappa shape index (κ3) is 10.2. The van der Waals surface area contributed by atoms with Crippen LogP contribution in [0.4, 0.5) is 21.9 Å². The highest BCUT2D eigenvalue weighted by Gasteiger charge is 2.57. The fraction of sp³-hybridized carbons (Fsp3) is 0.629. The van der Waals surface area contributed by atoms with E-state index in [1.165, 1.54) is 57.8 Å². The molecule has 8 nitrogen and oxygen atoms in total. The maximum absolute atomic E-state index is 12.5. The molecule has 2 fully saturated rings. The number of unbranched alkanes of at least 4 members (excludes halogenated alkanes) is 9. The first-order valence-electron chi connectivity index (χ1n) is 16.4. The number of nitrogens with one attached hydrogen (secondary N) is 3. The van der Waals surface area contributed by atoms with Crippen molar-refractivity contribution in [2.24, 2.45) is 0 Å². The molecule has 43 heavy (non-hydrogen) atoms. The van der Waals surface area contributed by atoms with E-state index in [0.717, 1.165) is 23.4 Å². The van der Waals surface area contributed by atoms with Gasteiger partial charge in [0.25, 0.3) is 0 Å². The number of hydrogen-bond acceptors (Lipinski definition) is 6. The Labute approximate surface area is 258 Å². The minimum absolute atomic E-state index is 0.0564. The topological polar surface area (TPSA) is 90.1 Å². The van der Waals surface area contributed by atoms with Crippen LogP contribution in [0.15, 0.2) is 48.5 Å². The first kappa shape index (κ1) is 33.2. The van der Waals surface area contributed by atoms with Crippen molar-refractivity contribution in [3.05, 3.63) is 54.1 Å². The molecule has 2 aliphatic rings. The van der Waals surface area contributed by atoms with Gasteiger partial charge in [0.1, 0.15) is 18.3 Å². The van der Waals surface area contributed by atoms with Gasteiger partial charge < -0.3 is 34.9 Å². The van der Waals surface area contributed by atoms with E-state index >= 15 is 0 Å². The lowest BCUT2D eigenvalue weighted by Gasteiger charge is -2.28. The van der Waals surface area contributed by atoms with E-state index in [4.69, 9.17) is 18.9 Å². The molecule has 2 amide bonds. The third-order valence-corrected chi connectivity index (χ3v) is 8.25. The number of aryl methyl sites for hydroxylation is 1. The molecule has 5 atom stereocenters. The minimum atomic E-state index is -0.679.